The molecule has 0 saturated heterocycles. The van der Waals surface area contributed by atoms with Crippen LogP contribution in [-0.4, -0.2) is 19.5 Å². The molecule has 4 nitrogen and oxygen atoms in total. The van der Waals surface area contributed by atoms with Crippen LogP contribution in [0.3, 0.4) is 0 Å². The number of nitrogens with zero attached hydrogens (tertiary/aromatic N) is 4. The normalized spacial score (nSPS) is 11.7. The maximum absolute atomic E-state index is 5.27. The first-order valence-corrected chi connectivity index (χ1v) is 21.0. The van der Waals surface area contributed by atoms with Gasteiger partial charge < -0.3 is 4.57 Å². The van der Waals surface area contributed by atoms with Gasteiger partial charge in [0.1, 0.15) is 0 Å². The fourth-order valence-electron chi connectivity index (χ4n) is 8.81. The first-order valence-electron chi connectivity index (χ1n) is 20.2. The molecule has 0 bridgehead atoms. The summed E-state index contributed by atoms with van der Waals surface area (Å²) < 4.78 is 5.00. The summed E-state index contributed by atoms with van der Waals surface area (Å²) in [5.41, 5.74) is 10.7. The van der Waals surface area contributed by atoms with Crippen molar-refractivity contribution >= 4 is 64.1 Å². The number of thiophene rings is 1. The van der Waals surface area contributed by atoms with Crippen LogP contribution < -0.4 is 0 Å². The number of fused-ring (bicyclic) bond motifs is 8. The Hall–Kier alpha value is -7.73. The second kappa shape index (κ2) is 14.0. The average Bonchev–Trinajstić information content (AvgIpc) is 3.87. The minimum atomic E-state index is 0.614. The Morgan fingerprint density at radius 2 is 0.917 bits per heavy atom. The number of hydrogen-bond donors (Lipinski definition) is 0. The lowest BCUT2D eigenvalue weighted by molar-refractivity contribution is 1.07. The zero-order valence-electron chi connectivity index (χ0n) is 32.3. The molecule has 280 valence electrons. The van der Waals surface area contributed by atoms with Gasteiger partial charge in [0.05, 0.1) is 16.7 Å². The summed E-state index contributed by atoms with van der Waals surface area (Å²) in [6.45, 7) is 0. The van der Waals surface area contributed by atoms with Gasteiger partial charge >= 0.3 is 0 Å². The smallest absolute Gasteiger partial charge is 0.164 e. The van der Waals surface area contributed by atoms with Gasteiger partial charge in [-0.1, -0.05) is 170 Å². The third-order valence-corrected chi connectivity index (χ3v) is 12.8. The topological polar surface area (TPSA) is 43.6 Å². The molecule has 0 saturated carbocycles. The van der Waals surface area contributed by atoms with E-state index >= 15 is 0 Å². The number of rotatable bonds is 6. The van der Waals surface area contributed by atoms with Gasteiger partial charge in [0.25, 0.3) is 0 Å². The Bertz CT molecular complexity index is 3610. The Labute approximate surface area is 350 Å². The largest absolute Gasteiger partial charge is 0.309 e. The Kier molecular flexibility index (Phi) is 8.00. The molecule has 3 aromatic heterocycles. The summed E-state index contributed by atoms with van der Waals surface area (Å²) in [6, 6.07) is 73.4. The van der Waals surface area contributed by atoms with Gasteiger partial charge in [-0.3, -0.25) is 0 Å². The lowest BCUT2D eigenvalue weighted by atomic mass is 10.00. The first-order chi connectivity index (χ1) is 29.7. The van der Waals surface area contributed by atoms with E-state index in [0.717, 1.165) is 55.7 Å². The van der Waals surface area contributed by atoms with Crippen molar-refractivity contribution in [2.75, 3.05) is 0 Å². The molecule has 0 radical (unpaired) electrons. The van der Waals surface area contributed by atoms with E-state index in [1.807, 2.05) is 29.5 Å². The minimum Gasteiger partial charge on any atom is -0.309 e. The zero-order chi connectivity index (χ0) is 39.6. The summed E-state index contributed by atoms with van der Waals surface area (Å²) >= 11 is 1.84. The van der Waals surface area contributed by atoms with Crippen molar-refractivity contribution in [1.29, 1.82) is 0 Å². The van der Waals surface area contributed by atoms with Crippen molar-refractivity contribution in [2.45, 2.75) is 0 Å². The number of aromatic nitrogens is 4. The molecule has 60 heavy (non-hydrogen) atoms. The predicted octanol–water partition coefficient (Wildman–Crippen LogP) is 14.8. The Balaban J connectivity index is 1.06. The van der Waals surface area contributed by atoms with Crippen molar-refractivity contribution < 1.29 is 0 Å². The maximum atomic E-state index is 5.27. The molecule has 5 heteroatoms. The van der Waals surface area contributed by atoms with E-state index in [2.05, 4.69) is 193 Å². The van der Waals surface area contributed by atoms with E-state index in [0.29, 0.717) is 17.5 Å². The van der Waals surface area contributed by atoms with E-state index in [9.17, 15) is 0 Å². The van der Waals surface area contributed by atoms with Crippen LogP contribution in [0.25, 0.3) is 115 Å². The van der Waals surface area contributed by atoms with E-state index < -0.39 is 0 Å². The van der Waals surface area contributed by atoms with Crippen LogP contribution in [0.4, 0.5) is 0 Å². The average molecular weight is 783 g/mol. The molecule has 12 aromatic rings. The SMILES string of the molecule is c1ccc(-c2nc(-c3cccc(-c4ccc5c(c4)sc4ccccc45)c3)nc(-c3ccc(-c4ccccc4)c(-n4c5ccccc5c5c6ccccc6ccc54)c3)n2)cc1. The highest BCUT2D eigenvalue weighted by Crippen LogP contribution is 2.41. The number of hydrogen-bond acceptors (Lipinski definition) is 4. The quantitative estimate of drug-likeness (QED) is 0.169. The second-order valence-corrected chi connectivity index (χ2v) is 16.3. The van der Waals surface area contributed by atoms with Gasteiger partial charge in [-0.05, 0) is 63.9 Å². The fraction of sp³-hybridized carbons (Fsp3) is 0. The Morgan fingerprint density at radius 1 is 0.333 bits per heavy atom. The highest BCUT2D eigenvalue weighted by Gasteiger charge is 2.20. The molecule has 3 heterocycles. The van der Waals surface area contributed by atoms with Crippen LogP contribution in [0, 0.1) is 0 Å². The first kappa shape index (κ1) is 34.3. The van der Waals surface area contributed by atoms with Crippen LogP contribution >= 0.6 is 11.3 Å². The summed E-state index contributed by atoms with van der Waals surface area (Å²) in [5.74, 6) is 1.87. The summed E-state index contributed by atoms with van der Waals surface area (Å²) in [7, 11) is 0. The third-order valence-electron chi connectivity index (χ3n) is 11.6. The molecule has 9 aromatic carbocycles. The van der Waals surface area contributed by atoms with Crippen LogP contribution in [0.5, 0.6) is 0 Å². The molecular weight excluding hydrogens is 749 g/mol. The third kappa shape index (κ3) is 5.70. The van der Waals surface area contributed by atoms with Crippen LogP contribution in [-0.2, 0) is 0 Å². The fourth-order valence-corrected chi connectivity index (χ4v) is 9.96. The summed E-state index contributed by atoms with van der Waals surface area (Å²) in [4.78, 5) is 15.6. The van der Waals surface area contributed by atoms with Crippen molar-refractivity contribution in [3.05, 3.63) is 206 Å². The van der Waals surface area contributed by atoms with E-state index in [1.54, 1.807) is 0 Å². The summed E-state index contributed by atoms with van der Waals surface area (Å²) in [6.07, 6.45) is 0. The van der Waals surface area contributed by atoms with E-state index in [4.69, 9.17) is 15.0 Å². The molecule has 0 amide bonds. The van der Waals surface area contributed by atoms with Gasteiger partial charge in [0, 0.05) is 53.2 Å². The Morgan fingerprint density at radius 3 is 1.73 bits per heavy atom. The molecule has 0 aliphatic heterocycles. The molecule has 0 aliphatic rings. The number of benzene rings is 9. The van der Waals surface area contributed by atoms with E-state index in [-0.39, 0.29) is 0 Å². The zero-order valence-corrected chi connectivity index (χ0v) is 33.1. The molecule has 0 unspecified atom stereocenters. The van der Waals surface area contributed by atoms with Crippen LogP contribution in [0.15, 0.2) is 206 Å². The molecule has 0 atom stereocenters. The van der Waals surface area contributed by atoms with Gasteiger partial charge in [0.15, 0.2) is 17.5 Å². The van der Waals surface area contributed by atoms with Crippen LogP contribution in [0.2, 0.25) is 0 Å². The van der Waals surface area contributed by atoms with E-state index in [1.165, 1.54) is 41.7 Å². The van der Waals surface area contributed by atoms with Gasteiger partial charge in [-0.25, -0.2) is 15.0 Å². The maximum Gasteiger partial charge on any atom is 0.164 e. The molecule has 0 aliphatic carbocycles. The monoisotopic (exact) mass is 782 g/mol. The molecule has 0 spiro atoms. The van der Waals surface area contributed by atoms with Crippen molar-refractivity contribution in [3.63, 3.8) is 0 Å². The highest BCUT2D eigenvalue weighted by atomic mass is 32.1. The van der Waals surface area contributed by atoms with Gasteiger partial charge in [0.2, 0.25) is 0 Å². The molecule has 12 rings (SSSR count). The molecular formula is C55H34N4S. The van der Waals surface area contributed by atoms with Crippen molar-refractivity contribution in [3.8, 4) is 62.1 Å². The highest BCUT2D eigenvalue weighted by molar-refractivity contribution is 7.25. The lowest BCUT2D eigenvalue weighted by Gasteiger charge is -2.16. The molecule has 0 fully saturated rings. The minimum absolute atomic E-state index is 0.614. The predicted molar refractivity (Wildman–Crippen MR) is 252 cm³/mol. The lowest BCUT2D eigenvalue weighted by Crippen LogP contribution is -2.02. The summed E-state index contributed by atoms with van der Waals surface area (Å²) in [5, 5.41) is 7.51. The van der Waals surface area contributed by atoms with Gasteiger partial charge in [-0.2, -0.15) is 0 Å². The van der Waals surface area contributed by atoms with Crippen molar-refractivity contribution in [1.82, 2.24) is 19.5 Å². The van der Waals surface area contributed by atoms with Crippen molar-refractivity contribution in [2.24, 2.45) is 0 Å². The number of para-hydroxylation sites is 1. The van der Waals surface area contributed by atoms with Crippen LogP contribution in [0.1, 0.15) is 0 Å². The standard InChI is InChI=1S/C55H34N4S/c1-3-14-35(15-4-1)42-29-27-41(33-49(42)59-47-24-11-9-23-46(47)52-43-21-8-7-16-36(43)28-31-48(52)59)55-57-53(37-17-5-2-6-18-37)56-54(58-55)40-20-13-19-38(32-40)39-26-30-45-44-22-10-12-25-50(44)60-51(45)34-39/h1-34H. The molecule has 0 N–H and O–H groups in total. The van der Waals surface area contributed by atoms with Gasteiger partial charge in [-0.15, -0.1) is 11.3 Å². The second-order valence-electron chi connectivity index (χ2n) is 15.2.